The molecule has 0 aliphatic carbocycles. The highest BCUT2D eigenvalue weighted by molar-refractivity contribution is 5.95. The van der Waals surface area contributed by atoms with Crippen LogP contribution in [0.15, 0.2) is 30.5 Å². The molecule has 3 rings (SSSR count). The van der Waals surface area contributed by atoms with Gasteiger partial charge in [0.15, 0.2) is 0 Å². The molecule has 114 valence electrons. The van der Waals surface area contributed by atoms with Gasteiger partial charge >= 0.3 is 0 Å². The Morgan fingerprint density at radius 3 is 2.23 bits per heavy atom. The molecule has 1 aromatic heterocycles. The van der Waals surface area contributed by atoms with E-state index in [1.165, 1.54) is 35.1 Å². The molecule has 0 saturated carbocycles. The summed E-state index contributed by atoms with van der Waals surface area (Å²) in [4.78, 5) is 0. The predicted molar refractivity (Wildman–Crippen MR) is 80.1 cm³/mol. The molecule has 0 unspecified atom stereocenters. The van der Waals surface area contributed by atoms with Crippen molar-refractivity contribution in [1.82, 2.24) is 9.78 Å². The van der Waals surface area contributed by atoms with Crippen molar-refractivity contribution in [2.24, 2.45) is 7.05 Å². The van der Waals surface area contributed by atoms with E-state index in [2.05, 4.69) is 5.10 Å². The summed E-state index contributed by atoms with van der Waals surface area (Å²) >= 11 is 0. The topological polar surface area (TPSA) is 17.8 Å². The van der Waals surface area contributed by atoms with E-state index in [9.17, 15) is 13.2 Å². The molecule has 0 N–H and O–H groups in total. The second kappa shape index (κ2) is 5.16. The normalized spacial score (nSPS) is 11.6. The highest BCUT2D eigenvalue weighted by Gasteiger charge is 2.17. The summed E-state index contributed by atoms with van der Waals surface area (Å²) in [5, 5.41) is 4.55. The molecule has 5 heteroatoms. The molecule has 0 fully saturated rings. The van der Waals surface area contributed by atoms with Crippen LogP contribution >= 0.6 is 0 Å². The lowest BCUT2D eigenvalue weighted by Gasteiger charge is -2.12. The average molecular weight is 304 g/mol. The first kappa shape index (κ1) is 14.6. The number of hydrogen-bond donors (Lipinski definition) is 0. The maximum Gasteiger partial charge on any atom is 0.149 e. The molecule has 1 heterocycles. The minimum absolute atomic E-state index is 0.0632. The summed E-state index contributed by atoms with van der Waals surface area (Å²) < 4.78 is 43.7. The fourth-order valence-corrected chi connectivity index (χ4v) is 2.79. The van der Waals surface area contributed by atoms with E-state index < -0.39 is 17.5 Å². The predicted octanol–water partition coefficient (Wildman–Crippen LogP) is 4.78. The zero-order valence-electron chi connectivity index (χ0n) is 12.5. The third-order valence-electron chi connectivity index (χ3n) is 3.82. The lowest BCUT2D eigenvalue weighted by molar-refractivity contribution is 0.542. The zero-order chi connectivity index (χ0) is 16.0. The first-order valence-corrected chi connectivity index (χ1v) is 6.99. The van der Waals surface area contributed by atoms with Crippen molar-refractivity contribution in [3.05, 3.63) is 53.5 Å². The minimum Gasteiger partial charge on any atom is -0.265 e. The Labute approximate surface area is 126 Å². The molecule has 2 aromatic carbocycles. The number of rotatable bonds is 2. The fraction of sp³-hybridized carbons (Fsp3) is 0.235. The van der Waals surface area contributed by atoms with Crippen molar-refractivity contribution < 1.29 is 13.2 Å². The summed E-state index contributed by atoms with van der Waals surface area (Å²) in [5.41, 5.74) is 1.30. The van der Waals surface area contributed by atoms with Crippen LogP contribution in [0.4, 0.5) is 13.2 Å². The quantitative estimate of drug-likeness (QED) is 0.666. The second-order valence-corrected chi connectivity index (χ2v) is 5.63. The van der Waals surface area contributed by atoms with Crippen molar-refractivity contribution in [2.45, 2.75) is 19.8 Å². The fourth-order valence-electron chi connectivity index (χ4n) is 2.79. The van der Waals surface area contributed by atoms with Crippen molar-refractivity contribution in [1.29, 1.82) is 0 Å². The van der Waals surface area contributed by atoms with E-state index in [1.807, 2.05) is 0 Å². The number of benzene rings is 2. The molecule has 0 atom stereocenters. The van der Waals surface area contributed by atoms with Crippen LogP contribution in [0.5, 0.6) is 0 Å². The molecule has 2 nitrogen and oxygen atoms in total. The third-order valence-corrected chi connectivity index (χ3v) is 3.82. The molecule has 0 saturated heterocycles. The Bertz CT molecular complexity index is 843. The molecular formula is C17H15F3N2. The number of nitrogens with zero attached hydrogens (tertiary/aromatic N) is 2. The van der Waals surface area contributed by atoms with Gasteiger partial charge in [-0.1, -0.05) is 19.9 Å². The molecule has 3 aromatic rings. The van der Waals surface area contributed by atoms with Crippen molar-refractivity contribution in [3.63, 3.8) is 0 Å². The monoisotopic (exact) mass is 304 g/mol. The molecule has 0 amide bonds. The Kier molecular flexibility index (Phi) is 3.43. The van der Waals surface area contributed by atoms with Crippen LogP contribution in [-0.4, -0.2) is 9.78 Å². The van der Waals surface area contributed by atoms with Gasteiger partial charge in [0.1, 0.15) is 23.0 Å². The van der Waals surface area contributed by atoms with Gasteiger partial charge in [0.25, 0.3) is 0 Å². The maximum absolute atomic E-state index is 14.2. The third kappa shape index (κ3) is 2.17. The average Bonchev–Trinajstić information content (AvgIpc) is 2.81. The highest BCUT2D eigenvalue weighted by Crippen LogP contribution is 2.33. The Morgan fingerprint density at radius 2 is 1.64 bits per heavy atom. The lowest BCUT2D eigenvalue weighted by atomic mass is 9.96. The van der Waals surface area contributed by atoms with Crippen LogP contribution < -0.4 is 0 Å². The van der Waals surface area contributed by atoms with Crippen molar-refractivity contribution in [2.75, 3.05) is 0 Å². The lowest BCUT2D eigenvalue weighted by Crippen LogP contribution is -1.99. The first-order chi connectivity index (χ1) is 10.4. The summed E-state index contributed by atoms with van der Waals surface area (Å²) in [6.07, 6.45) is 1.50. The van der Waals surface area contributed by atoms with Gasteiger partial charge in [-0.3, -0.25) is 4.68 Å². The van der Waals surface area contributed by atoms with E-state index in [-0.39, 0.29) is 11.5 Å². The SMILES string of the molecule is CC(C)c1c(F)cc(-c2ccc(F)c3c2cnn3C)cc1F. The van der Waals surface area contributed by atoms with E-state index in [4.69, 9.17) is 0 Å². The zero-order valence-corrected chi connectivity index (χ0v) is 12.5. The van der Waals surface area contributed by atoms with Crippen LogP contribution in [0.2, 0.25) is 0 Å². The molecule has 0 bridgehead atoms. The number of aromatic nitrogens is 2. The van der Waals surface area contributed by atoms with Crippen molar-refractivity contribution >= 4 is 10.9 Å². The van der Waals surface area contributed by atoms with Crippen LogP contribution in [0.1, 0.15) is 25.3 Å². The van der Waals surface area contributed by atoms with Crippen LogP contribution in [0.3, 0.4) is 0 Å². The molecular weight excluding hydrogens is 289 g/mol. The summed E-state index contributed by atoms with van der Waals surface area (Å²) in [6, 6.07) is 5.38. The van der Waals surface area contributed by atoms with E-state index in [0.717, 1.165) is 0 Å². The Balaban J connectivity index is 2.27. The van der Waals surface area contributed by atoms with Gasteiger partial charge in [-0.15, -0.1) is 0 Å². The van der Waals surface area contributed by atoms with Gasteiger partial charge in [0.2, 0.25) is 0 Å². The van der Waals surface area contributed by atoms with Gasteiger partial charge in [-0.25, -0.2) is 13.2 Å². The number of hydrogen-bond acceptors (Lipinski definition) is 1. The molecule has 0 radical (unpaired) electrons. The van der Waals surface area contributed by atoms with E-state index in [1.54, 1.807) is 20.9 Å². The smallest absolute Gasteiger partial charge is 0.149 e. The second-order valence-electron chi connectivity index (χ2n) is 5.63. The first-order valence-electron chi connectivity index (χ1n) is 6.99. The van der Waals surface area contributed by atoms with Crippen LogP contribution in [0.25, 0.3) is 22.0 Å². The number of fused-ring (bicyclic) bond motifs is 1. The van der Waals surface area contributed by atoms with Gasteiger partial charge in [-0.05, 0) is 35.2 Å². The van der Waals surface area contributed by atoms with E-state index in [0.29, 0.717) is 22.0 Å². The maximum atomic E-state index is 14.2. The minimum atomic E-state index is -0.591. The Morgan fingerprint density at radius 1 is 1.00 bits per heavy atom. The Hall–Kier alpha value is -2.30. The van der Waals surface area contributed by atoms with E-state index >= 15 is 0 Å². The van der Waals surface area contributed by atoms with Gasteiger partial charge < -0.3 is 0 Å². The summed E-state index contributed by atoms with van der Waals surface area (Å²) in [6.45, 7) is 3.47. The van der Waals surface area contributed by atoms with Gasteiger partial charge in [0.05, 0.1) is 6.20 Å². The van der Waals surface area contributed by atoms with Crippen LogP contribution in [0, 0.1) is 17.5 Å². The standard InChI is InChI=1S/C17H15F3N2/c1-9(2)16-14(19)6-10(7-15(16)20)11-4-5-13(18)17-12(11)8-21-22(17)3/h4-9H,1-3H3. The molecule has 0 aliphatic rings. The van der Waals surface area contributed by atoms with Gasteiger partial charge in [-0.2, -0.15) is 5.10 Å². The number of aryl methyl sites for hydroxylation is 1. The molecule has 0 aliphatic heterocycles. The summed E-state index contributed by atoms with van der Waals surface area (Å²) in [7, 11) is 1.62. The largest absolute Gasteiger partial charge is 0.265 e. The highest BCUT2D eigenvalue weighted by atomic mass is 19.1. The van der Waals surface area contributed by atoms with Gasteiger partial charge in [0, 0.05) is 18.0 Å². The molecule has 22 heavy (non-hydrogen) atoms. The van der Waals surface area contributed by atoms with Crippen LogP contribution in [-0.2, 0) is 7.05 Å². The van der Waals surface area contributed by atoms with Crippen molar-refractivity contribution in [3.8, 4) is 11.1 Å². The molecule has 0 spiro atoms. The summed E-state index contributed by atoms with van der Waals surface area (Å²) in [5.74, 6) is -1.85. The number of halogens is 3.